The van der Waals surface area contributed by atoms with Gasteiger partial charge in [-0.05, 0) is 43.6 Å². The number of likely N-dealkylation sites (tertiary alicyclic amines) is 1. The van der Waals surface area contributed by atoms with Crippen LogP contribution in [0.4, 0.5) is 0 Å². The van der Waals surface area contributed by atoms with E-state index in [9.17, 15) is 14.7 Å². The van der Waals surface area contributed by atoms with Gasteiger partial charge in [-0.25, -0.2) is 0 Å². The minimum absolute atomic E-state index is 0.00189. The van der Waals surface area contributed by atoms with E-state index in [0.29, 0.717) is 48.3 Å². The van der Waals surface area contributed by atoms with Crippen LogP contribution in [-0.2, 0) is 11.3 Å². The molecule has 0 spiro atoms. The van der Waals surface area contributed by atoms with Crippen LogP contribution in [0.25, 0.3) is 0 Å². The molecule has 0 radical (unpaired) electrons. The van der Waals surface area contributed by atoms with E-state index in [4.69, 9.17) is 24.4 Å². The van der Waals surface area contributed by atoms with Crippen LogP contribution < -0.4 is 25.4 Å². The molecular weight excluding hydrogens is 416 g/mol. The molecule has 1 amide bonds. The second-order valence-corrected chi connectivity index (χ2v) is 8.10. The second-order valence-electron chi connectivity index (χ2n) is 8.10. The van der Waals surface area contributed by atoms with E-state index in [1.165, 1.54) is 19.6 Å². The number of fused-ring (bicyclic) bond motifs is 1. The third-order valence-corrected chi connectivity index (χ3v) is 5.80. The number of nitrogens with zero attached hydrogens (tertiary/aromatic N) is 1. The van der Waals surface area contributed by atoms with Crippen LogP contribution in [0.15, 0.2) is 27.4 Å². The monoisotopic (exact) mass is 444 g/mol. The number of primary amides is 1. The van der Waals surface area contributed by atoms with Crippen molar-refractivity contribution in [3.8, 4) is 23.0 Å². The van der Waals surface area contributed by atoms with Gasteiger partial charge < -0.3 is 29.5 Å². The van der Waals surface area contributed by atoms with Gasteiger partial charge in [0.15, 0.2) is 17.3 Å². The molecule has 1 atom stereocenters. The number of rotatable bonds is 7. The number of carbonyl (C=O) groups excluding carboxylic acids is 1. The quantitative estimate of drug-likeness (QED) is 0.665. The molecule has 0 unspecified atom stereocenters. The minimum atomic E-state index is -0.800. The number of hydrogen-bond donors (Lipinski definition) is 2. The summed E-state index contributed by atoms with van der Waals surface area (Å²) in [6.07, 6.45) is 3.20. The fourth-order valence-electron chi connectivity index (χ4n) is 4.26. The van der Waals surface area contributed by atoms with E-state index in [2.05, 4.69) is 4.90 Å². The third-order valence-electron chi connectivity index (χ3n) is 5.80. The van der Waals surface area contributed by atoms with E-state index in [-0.39, 0.29) is 12.2 Å². The average molecular weight is 444 g/mol. The summed E-state index contributed by atoms with van der Waals surface area (Å²) in [5.74, 6) is -0.175. The van der Waals surface area contributed by atoms with Crippen molar-refractivity contribution in [2.45, 2.75) is 38.1 Å². The summed E-state index contributed by atoms with van der Waals surface area (Å²) in [5, 5.41) is 10.6. The van der Waals surface area contributed by atoms with Crippen LogP contribution in [0.1, 0.15) is 48.7 Å². The van der Waals surface area contributed by atoms with Crippen LogP contribution >= 0.6 is 0 Å². The summed E-state index contributed by atoms with van der Waals surface area (Å²) in [6, 6.07) is 4.68. The van der Waals surface area contributed by atoms with Gasteiger partial charge in [-0.15, -0.1) is 0 Å². The number of methoxy groups -OCH3 is 1. The first-order valence-electron chi connectivity index (χ1n) is 10.8. The molecule has 1 aromatic carbocycles. The summed E-state index contributed by atoms with van der Waals surface area (Å²) in [4.78, 5) is 26.7. The van der Waals surface area contributed by atoms with E-state index in [1.807, 2.05) is 0 Å². The van der Waals surface area contributed by atoms with Crippen molar-refractivity contribution in [2.75, 3.05) is 33.4 Å². The van der Waals surface area contributed by atoms with Gasteiger partial charge >= 0.3 is 0 Å². The summed E-state index contributed by atoms with van der Waals surface area (Å²) in [5.41, 5.74) is 5.51. The van der Waals surface area contributed by atoms with Crippen molar-refractivity contribution in [3.05, 3.63) is 45.5 Å². The molecule has 2 aromatic rings. The average Bonchev–Trinajstić information content (AvgIpc) is 2.79. The first-order chi connectivity index (χ1) is 15.5. The van der Waals surface area contributed by atoms with Gasteiger partial charge in [0, 0.05) is 12.5 Å². The molecular formula is C23H28N2O7. The Morgan fingerprint density at radius 2 is 1.94 bits per heavy atom. The first kappa shape index (κ1) is 22.0. The molecule has 4 rings (SSSR count). The number of aromatic hydroxyl groups is 1. The second kappa shape index (κ2) is 9.52. The Balaban J connectivity index is 1.76. The van der Waals surface area contributed by atoms with Gasteiger partial charge in [0.05, 0.1) is 19.6 Å². The Labute approximate surface area is 185 Å². The molecule has 32 heavy (non-hydrogen) atoms. The standard InChI is InChI=1S/C23H28N2O7/c1-29-18-9-14(10-19-23(18)31-8-7-30-19)16(12-20(24)27)22-21(28)17(26)11-15(32-22)13-25-5-3-2-4-6-25/h9-11,16,28H,2-8,12-13H2,1H3,(H2,24,27)/t16-/m1/s1. The number of benzene rings is 1. The van der Waals surface area contributed by atoms with E-state index in [0.717, 1.165) is 25.9 Å². The molecule has 1 fully saturated rings. The topological polar surface area (TPSA) is 124 Å². The Morgan fingerprint density at radius 3 is 2.66 bits per heavy atom. The Kier molecular flexibility index (Phi) is 6.55. The third kappa shape index (κ3) is 4.67. The largest absolute Gasteiger partial charge is 0.502 e. The molecule has 2 aliphatic heterocycles. The molecule has 9 heteroatoms. The Bertz CT molecular complexity index is 1030. The molecule has 3 heterocycles. The van der Waals surface area contributed by atoms with Gasteiger partial charge in [0.2, 0.25) is 22.8 Å². The van der Waals surface area contributed by atoms with Gasteiger partial charge in [-0.1, -0.05) is 6.42 Å². The first-order valence-corrected chi connectivity index (χ1v) is 10.8. The zero-order valence-electron chi connectivity index (χ0n) is 18.1. The molecule has 9 nitrogen and oxygen atoms in total. The van der Waals surface area contributed by atoms with E-state index in [1.54, 1.807) is 12.1 Å². The Hall–Kier alpha value is -3.20. The molecule has 1 saturated heterocycles. The summed E-state index contributed by atoms with van der Waals surface area (Å²) in [7, 11) is 1.50. The molecule has 2 aliphatic rings. The smallest absolute Gasteiger partial charge is 0.227 e. The summed E-state index contributed by atoms with van der Waals surface area (Å²) in [6.45, 7) is 3.05. The highest BCUT2D eigenvalue weighted by atomic mass is 16.6. The number of piperidine rings is 1. The predicted molar refractivity (Wildman–Crippen MR) is 115 cm³/mol. The highest BCUT2D eigenvalue weighted by molar-refractivity contribution is 5.75. The summed E-state index contributed by atoms with van der Waals surface area (Å²) < 4.78 is 22.8. The van der Waals surface area contributed by atoms with Crippen molar-refractivity contribution in [1.29, 1.82) is 0 Å². The fourth-order valence-corrected chi connectivity index (χ4v) is 4.26. The summed E-state index contributed by atoms with van der Waals surface area (Å²) >= 11 is 0. The van der Waals surface area contributed by atoms with Crippen LogP contribution in [-0.4, -0.2) is 49.3 Å². The lowest BCUT2D eigenvalue weighted by molar-refractivity contribution is -0.118. The predicted octanol–water partition coefficient (Wildman–Crippen LogP) is 2.12. The maximum atomic E-state index is 12.6. The van der Waals surface area contributed by atoms with Crippen molar-refractivity contribution in [2.24, 2.45) is 5.73 Å². The van der Waals surface area contributed by atoms with Gasteiger partial charge in [0.1, 0.15) is 19.0 Å². The van der Waals surface area contributed by atoms with Crippen molar-refractivity contribution >= 4 is 5.91 Å². The van der Waals surface area contributed by atoms with Crippen molar-refractivity contribution < 1.29 is 28.5 Å². The van der Waals surface area contributed by atoms with Crippen LogP contribution in [0.2, 0.25) is 0 Å². The normalized spacial score (nSPS) is 17.0. The molecule has 172 valence electrons. The van der Waals surface area contributed by atoms with Crippen LogP contribution in [0, 0.1) is 0 Å². The van der Waals surface area contributed by atoms with Gasteiger partial charge in [-0.3, -0.25) is 14.5 Å². The zero-order valence-corrected chi connectivity index (χ0v) is 18.1. The SMILES string of the molecule is COc1cc([C@@H](CC(N)=O)c2oc(CN3CCCCC3)cc(=O)c2O)cc2c1OCCO2. The van der Waals surface area contributed by atoms with Crippen molar-refractivity contribution in [3.63, 3.8) is 0 Å². The number of carbonyl (C=O) groups is 1. The molecule has 0 saturated carbocycles. The maximum Gasteiger partial charge on any atom is 0.227 e. The molecule has 0 aliphatic carbocycles. The Morgan fingerprint density at radius 1 is 1.19 bits per heavy atom. The molecule has 3 N–H and O–H groups in total. The number of nitrogens with two attached hydrogens (primary N) is 1. The lowest BCUT2D eigenvalue weighted by atomic mass is 9.91. The highest BCUT2D eigenvalue weighted by Gasteiger charge is 2.29. The maximum absolute atomic E-state index is 12.6. The lowest BCUT2D eigenvalue weighted by Gasteiger charge is -2.26. The van der Waals surface area contributed by atoms with Crippen LogP contribution in [0.3, 0.4) is 0 Å². The lowest BCUT2D eigenvalue weighted by Crippen LogP contribution is -2.29. The zero-order chi connectivity index (χ0) is 22.7. The van der Waals surface area contributed by atoms with Crippen molar-refractivity contribution in [1.82, 2.24) is 4.90 Å². The van der Waals surface area contributed by atoms with E-state index >= 15 is 0 Å². The number of ether oxygens (including phenoxy) is 3. The number of hydrogen-bond acceptors (Lipinski definition) is 8. The highest BCUT2D eigenvalue weighted by Crippen LogP contribution is 2.44. The van der Waals surface area contributed by atoms with E-state index < -0.39 is 23.0 Å². The van der Waals surface area contributed by atoms with Gasteiger partial charge in [0.25, 0.3) is 0 Å². The minimum Gasteiger partial charge on any atom is -0.502 e. The van der Waals surface area contributed by atoms with Gasteiger partial charge in [-0.2, -0.15) is 0 Å². The molecule has 0 bridgehead atoms. The van der Waals surface area contributed by atoms with Crippen LogP contribution in [0.5, 0.6) is 23.0 Å². The fraction of sp³-hybridized carbons (Fsp3) is 0.478. The number of amides is 1. The molecule has 1 aromatic heterocycles.